The van der Waals surface area contributed by atoms with Crippen molar-refractivity contribution in [2.24, 2.45) is 0 Å². The van der Waals surface area contributed by atoms with Crippen molar-refractivity contribution in [1.82, 2.24) is 0 Å². The zero-order valence-corrected chi connectivity index (χ0v) is 5.39. The van der Waals surface area contributed by atoms with Crippen molar-refractivity contribution in [3.63, 3.8) is 0 Å². The summed E-state index contributed by atoms with van der Waals surface area (Å²) in [6, 6.07) is 0. The predicted octanol–water partition coefficient (Wildman–Crippen LogP) is 3.49. The van der Waals surface area contributed by atoms with E-state index >= 15 is 0 Å². The molecule has 0 nitrogen and oxygen atoms in total. The maximum atomic E-state index is 9.87. The summed E-state index contributed by atoms with van der Waals surface area (Å²) in [6.45, 7) is 0. The largest absolute Gasteiger partial charge is 1.00 e. The van der Waals surface area contributed by atoms with Gasteiger partial charge in [-0.2, -0.15) is 0 Å². The molecule has 59 valence electrons. The SMILES string of the molecule is F[P-](F)(F)(F)(F)F.[Ag].[H+]. The minimum atomic E-state index is -10.7. The van der Waals surface area contributed by atoms with Crippen LogP contribution in [0.25, 0.3) is 0 Å². The molecular weight excluding hydrogens is 253 g/mol. The summed E-state index contributed by atoms with van der Waals surface area (Å²) >= 11 is 0. The maximum Gasteiger partial charge on any atom is 1.00 e. The molecule has 0 amide bonds. The van der Waals surface area contributed by atoms with Crippen LogP contribution < -0.4 is 0 Å². The van der Waals surface area contributed by atoms with Crippen molar-refractivity contribution in [1.29, 1.82) is 0 Å². The van der Waals surface area contributed by atoms with Gasteiger partial charge in [-0.15, -0.1) is 0 Å². The Morgan fingerprint density at radius 3 is 0.750 bits per heavy atom. The third-order valence-electron chi connectivity index (χ3n) is 0. The number of hydrogen-bond acceptors (Lipinski definition) is 0. The number of rotatable bonds is 0. The van der Waals surface area contributed by atoms with Crippen LogP contribution in [0.4, 0.5) is 25.2 Å². The van der Waals surface area contributed by atoms with E-state index in [1.807, 2.05) is 0 Å². The third kappa shape index (κ3) is 397. The van der Waals surface area contributed by atoms with E-state index in [2.05, 4.69) is 0 Å². The first-order valence-electron chi connectivity index (χ1n) is 1.01. The van der Waals surface area contributed by atoms with Crippen LogP contribution in [-0.2, 0) is 22.4 Å². The standard InChI is InChI=1S/Ag.F6P/c;1-7(2,3,4,5)6/q;-1/p+1. The van der Waals surface area contributed by atoms with Crippen molar-refractivity contribution in [2.75, 3.05) is 0 Å². The van der Waals surface area contributed by atoms with E-state index in [0.29, 0.717) is 0 Å². The summed E-state index contributed by atoms with van der Waals surface area (Å²) in [7, 11) is -10.7. The van der Waals surface area contributed by atoms with E-state index in [4.69, 9.17) is 0 Å². The van der Waals surface area contributed by atoms with Gasteiger partial charge >= 0.3 is 34.4 Å². The molecule has 0 saturated carbocycles. The van der Waals surface area contributed by atoms with Crippen LogP contribution in [0.5, 0.6) is 0 Å². The summed E-state index contributed by atoms with van der Waals surface area (Å²) in [6.07, 6.45) is 0. The molecule has 0 aromatic rings. The molecule has 0 aliphatic carbocycles. The summed E-state index contributed by atoms with van der Waals surface area (Å²) in [4.78, 5) is 0. The van der Waals surface area contributed by atoms with Crippen LogP contribution >= 0.6 is 7.81 Å². The number of hydrogen-bond donors (Lipinski definition) is 0. The van der Waals surface area contributed by atoms with Crippen molar-refractivity contribution in [2.45, 2.75) is 0 Å². The molecule has 8 heteroatoms. The molecule has 0 saturated heterocycles. The van der Waals surface area contributed by atoms with E-state index < -0.39 is 7.81 Å². The summed E-state index contributed by atoms with van der Waals surface area (Å²) in [5, 5.41) is 0. The Hall–Kier alpha value is 0.750. The monoisotopic (exact) mass is 253 g/mol. The molecule has 0 fully saturated rings. The smallest absolute Gasteiger partial charge is 0 e. The average Bonchev–Trinajstić information content (AvgIpc) is 0.592. The van der Waals surface area contributed by atoms with Crippen LogP contribution in [0, 0.1) is 0 Å². The molecule has 8 heavy (non-hydrogen) atoms. The molecule has 0 rings (SSSR count). The van der Waals surface area contributed by atoms with Gasteiger partial charge in [-0.25, -0.2) is 0 Å². The Labute approximate surface area is 57.5 Å². The molecule has 0 spiro atoms. The van der Waals surface area contributed by atoms with E-state index in [9.17, 15) is 25.2 Å². The Kier molecular flexibility index (Phi) is 2.05. The Morgan fingerprint density at radius 2 is 0.750 bits per heavy atom. The Morgan fingerprint density at radius 1 is 0.750 bits per heavy atom. The molecule has 0 bridgehead atoms. The second-order valence-corrected chi connectivity index (χ2v) is 2.87. The zero-order valence-electron chi connectivity index (χ0n) is 4.02. The topological polar surface area (TPSA) is 0 Å². The molecule has 0 heterocycles. The Bertz CT molecular complexity index is 71.6. The van der Waals surface area contributed by atoms with Gasteiger partial charge in [0.2, 0.25) is 0 Å². The summed E-state index contributed by atoms with van der Waals surface area (Å²) in [5.74, 6) is 0. The molecule has 0 aromatic carbocycles. The first-order chi connectivity index (χ1) is 2.45. The molecule has 1 radical (unpaired) electrons. The van der Waals surface area contributed by atoms with Gasteiger partial charge in [0.1, 0.15) is 0 Å². The molecule has 0 unspecified atom stereocenters. The average molecular weight is 254 g/mol. The predicted molar refractivity (Wildman–Crippen MR) is 14.7 cm³/mol. The van der Waals surface area contributed by atoms with Gasteiger partial charge in [-0.3, -0.25) is 0 Å². The van der Waals surface area contributed by atoms with E-state index in [0.717, 1.165) is 0 Å². The third-order valence-corrected chi connectivity index (χ3v) is 0. The van der Waals surface area contributed by atoms with Crippen LogP contribution in [0.3, 0.4) is 0 Å². The fraction of sp³-hybridized carbons (Fsp3) is 0. The molecular formula is HAgF6P. The second kappa shape index (κ2) is 1.42. The fourth-order valence-corrected chi connectivity index (χ4v) is 0. The second-order valence-electron chi connectivity index (χ2n) is 0.958. The van der Waals surface area contributed by atoms with E-state index in [1.165, 1.54) is 0 Å². The van der Waals surface area contributed by atoms with Crippen LogP contribution in [0.1, 0.15) is 1.43 Å². The molecule has 0 N–H and O–H groups in total. The van der Waals surface area contributed by atoms with E-state index in [1.54, 1.807) is 0 Å². The van der Waals surface area contributed by atoms with Crippen molar-refractivity contribution in [3.8, 4) is 0 Å². The van der Waals surface area contributed by atoms with E-state index in [-0.39, 0.29) is 23.8 Å². The summed E-state index contributed by atoms with van der Waals surface area (Å²) < 4.78 is 59.2. The quantitative estimate of drug-likeness (QED) is 0.352. The first-order valence-corrected chi connectivity index (χ1v) is 3.04. The minimum Gasteiger partial charge on any atom is 0 e. The van der Waals surface area contributed by atoms with Crippen LogP contribution in [0.15, 0.2) is 0 Å². The zero-order chi connectivity index (χ0) is 6.41. The van der Waals surface area contributed by atoms with Crippen molar-refractivity contribution >= 4 is 7.81 Å². The normalized spacial score (nSPS) is 20.2. The Balaban J connectivity index is -0.000000180. The molecule has 0 aliphatic heterocycles. The van der Waals surface area contributed by atoms with Crippen molar-refractivity contribution in [3.05, 3.63) is 0 Å². The first kappa shape index (κ1) is 11.5. The van der Waals surface area contributed by atoms with Crippen LogP contribution in [0.2, 0.25) is 0 Å². The van der Waals surface area contributed by atoms with Gasteiger partial charge in [0.15, 0.2) is 0 Å². The molecule has 0 aliphatic rings. The maximum absolute atomic E-state index is 10.7. The van der Waals surface area contributed by atoms with Gasteiger partial charge in [0, 0.05) is 22.4 Å². The minimum absolute atomic E-state index is 0. The van der Waals surface area contributed by atoms with Gasteiger partial charge in [-0.05, 0) is 0 Å². The van der Waals surface area contributed by atoms with Crippen LogP contribution in [-0.4, -0.2) is 0 Å². The number of halogens is 6. The summed E-state index contributed by atoms with van der Waals surface area (Å²) in [5.41, 5.74) is 0. The van der Waals surface area contributed by atoms with Crippen molar-refractivity contribution < 1.29 is 49.0 Å². The fourth-order valence-electron chi connectivity index (χ4n) is 0. The van der Waals surface area contributed by atoms with Gasteiger partial charge < -0.3 is 0 Å². The van der Waals surface area contributed by atoms with Gasteiger partial charge in [0.25, 0.3) is 0 Å². The van der Waals surface area contributed by atoms with Gasteiger partial charge in [0.05, 0.1) is 0 Å². The molecule has 0 atom stereocenters. The van der Waals surface area contributed by atoms with Gasteiger partial charge in [-0.1, -0.05) is 0 Å². The molecule has 0 aromatic heterocycles.